The molecule has 0 saturated heterocycles. The Morgan fingerprint density at radius 2 is 1.85 bits per heavy atom. The molecule has 0 bridgehead atoms. The molecule has 0 aliphatic carbocycles. The van der Waals surface area contributed by atoms with E-state index in [-0.39, 0.29) is 17.1 Å². The Bertz CT molecular complexity index is 747. The number of aromatic amines is 1. The van der Waals surface area contributed by atoms with E-state index in [1.54, 1.807) is 0 Å². The van der Waals surface area contributed by atoms with E-state index in [1.165, 1.54) is 25.2 Å². The van der Waals surface area contributed by atoms with E-state index in [0.717, 1.165) is 22.2 Å². The van der Waals surface area contributed by atoms with Crippen molar-refractivity contribution in [2.24, 2.45) is 0 Å². The summed E-state index contributed by atoms with van der Waals surface area (Å²) in [5, 5.41) is 0.0657. The van der Waals surface area contributed by atoms with Gasteiger partial charge in [-0.15, -0.1) is 11.3 Å². The number of nitrogens with zero attached hydrogens (tertiary/aromatic N) is 1. The fourth-order valence-electron chi connectivity index (χ4n) is 1.85. The first kappa shape index (κ1) is 14.9. The summed E-state index contributed by atoms with van der Waals surface area (Å²) in [5.74, 6) is -0.493. The summed E-state index contributed by atoms with van der Waals surface area (Å²) in [4.78, 5) is 43.6. The molecule has 2 aromatic rings. The summed E-state index contributed by atoms with van der Waals surface area (Å²) in [5.41, 5.74) is 0.690. The van der Waals surface area contributed by atoms with Crippen LogP contribution < -0.4 is 5.56 Å². The van der Waals surface area contributed by atoms with E-state index in [0.29, 0.717) is 15.4 Å². The highest BCUT2D eigenvalue weighted by atomic mass is 32.2. The SMILES string of the molecule is CC(=O)C(Sc1nc2sc(C)c(C)c2c(=O)[nH]1)C(C)=O. The number of carbonyl (C=O) groups is 2. The molecule has 2 aromatic heterocycles. The Labute approximate surface area is 123 Å². The average molecular weight is 310 g/mol. The number of hydrogen-bond donors (Lipinski definition) is 1. The van der Waals surface area contributed by atoms with Gasteiger partial charge in [0, 0.05) is 4.88 Å². The molecule has 20 heavy (non-hydrogen) atoms. The number of rotatable bonds is 4. The molecular weight excluding hydrogens is 296 g/mol. The summed E-state index contributed by atoms with van der Waals surface area (Å²) in [6.45, 7) is 6.53. The maximum atomic E-state index is 12.1. The van der Waals surface area contributed by atoms with Crippen LogP contribution in [0, 0.1) is 13.8 Å². The van der Waals surface area contributed by atoms with Gasteiger partial charge in [0.2, 0.25) is 0 Å². The van der Waals surface area contributed by atoms with E-state index in [9.17, 15) is 14.4 Å². The number of nitrogens with one attached hydrogen (secondary N) is 1. The van der Waals surface area contributed by atoms with Crippen LogP contribution in [0.2, 0.25) is 0 Å². The molecule has 0 aliphatic heterocycles. The molecule has 5 nitrogen and oxygen atoms in total. The predicted octanol–water partition coefficient (Wildman–Crippen LogP) is 2.24. The van der Waals surface area contributed by atoms with Crippen LogP contribution >= 0.6 is 23.1 Å². The third kappa shape index (κ3) is 2.69. The van der Waals surface area contributed by atoms with Crippen molar-refractivity contribution in [3.05, 3.63) is 20.8 Å². The third-order valence-corrected chi connectivity index (χ3v) is 5.40. The van der Waals surface area contributed by atoms with Gasteiger partial charge in [0.1, 0.15) is 10.1 Å². The fraction of sp³-hybridized carbons (Fsp3) is 0.385. The molecule has 0 fully saturated rings. The van der Waals surface area contributed by atoms with Crippen LogP contribution in [0.15, 0.2) is 9.95 Å². The average Bonchev–Trinajstić information content (AvgIpc) is 2.61. The van der Waals surface area contributed by atoms with Crippen molar-refractivity contribution in [1.29, 1.82) is 0 Å². The van der Waals surface area contributed by atoms with Crippen molar-refractivity contribution in [1.82, 2.24) is 9.97 Å². The van der Waals surface area contributed by atoms with Gasteiger partial charge in [0.05, 0.1) is 5.39 Å². The van der Waals surface area contributed by atoms with Gasteiger partial charge in [-0.1, -0.05) is 11.8 Å². The van der Waals surface area contributed by atoms with E-state index >= 15 is 0 Å². The standard InChI is InChI=1S/C13H14N2O3S2/c1-5-8(4)19-12-9(5)11(18)14-13(15-12)20-10(6(2)16)7(3)17/h10H,1-4H3,(H,14,15,18). The van der Waals surface area contributed by atoms with Crippen molar-refractivity contribution in [2.75, 3.05) is 0 Å². The first-order chi connectivity index (χ1) is 9.31. The van der Waals surface area contributed by atoms with E-state index in [4.69, 9.17) is 0 Å². The van der Waals surface area contributed by atoms with Crippen molar-refractivity contribution in [3.8, 4) is 0 Å². The zero-order valence-corrected chi connectivity index (χ0v) is 13.2. The predicted molar refractivity (Wildman–Crippen MR) is 80.7 cm³/mol. The van der Waals surface area contributed by atoms with Crippen LogP contribution in [0.3, 0.4) is 0 Å². The first-order valence-electron chi connectivity index (χ1n) is 5.99. The molecule has 0 aromatic carbocycles. The molecular formula is C13H14N2O3S2. The quantitative estimate of drug-likeness (QED) is 0.532. The number of thioether (sulfide) groups is 1. The van der Waals surface area contributed by atoms with Crippen LogP contribution in [-0.2, 0) is 9.59 Å². The van der Waals surface area contributed by atoms with E-state index < -0.39 is 5.25 Å². The highest BCUT2D eigenvalue weighted by Crippen LogP contribution is 2.28. The third-order valence-electron chi connectivity index (χ3n) is 2.99. The first-order valence-corrected chi connectivity index (χ1v) is 7.68. The number of hydrogen-bond acceptors (Lipinski definition) is 6. The smallest absolute Gasteiger partial charge is 0.260 e. The Morgan fingerprint density at radius 3 is 2.40 bits per heavy atom. The van der Waals surface area contributed by atoms with Crippen molar-refractivity contribution in [3.63, 3.8) is 0 Å². The number of thiophene rings is 1. The van der Waals surface area contributed by atoms with Crippen molar-refractivity contribution in [2.45, 2.75) is 38.1 Å². The summed E-state index contributed by atoms with van der Waals surface area (Å²) >= 11 is 2.43. The molecule has 0 atom stereocenters. The molecule has 0 radical (unpaired) electrons. The maximum Gasteiger partial charge on any atom is 0.260 e. The molecule has 1 N–H and O–H groups in total. The van der Waals surface area contributed by atoms with Crippen LogP contribution in [0.4, 0.5) is 0 Å². The van der Waals surface area contributed by atoms with Gasteiger partial charge in [-0.05, 0) is 33.3 Å². The van der Waals surface area contributed by atoms with Gasteiger partial charge in [0.15, 0.2) is 16.7 Å². The Morgan fingerprint density at radius 1 is 1.25 bits per heavy atom. The summed E-state index contributed by atoms with van der Waals surface area (Å²) < 4.78 is 0. The molecule has 2 rings (SSSR count). The molecule has 0 amide bonds. The minimum atomic E-state index is -0.822. The number of Topliss-reactive ketones (excluding diaryl/α,β-unsaturated/α-hetero) is 2. The highest BCUT2D eigenvalue weighted by molar-refractivity contribution is 8.01. The van der Waals surface area contributed by atoms with Crippen molar-refractivity contribution < 1.29 is 9.59 Å². The Hall–Kier alpha value is -1.47. The van der Waals surface area contributed by atoms with Crippen LogP contribution in [0.5, 0.6) is 0 Å². The lowest BCUT2D eigenvalue weighted by Gasteiger charge is -2.08. The zero-order valence-electron chi connectivity index (χ0n) is 11.6. The van der Waals surface area contributed by atoms with E-state index in [2.05, 4.69) is 9.97 Å². The van der Waals surface area contributed by atoms with Gasteiger partial charge in [0.25, 0.3) is 5.56 Å². The number of carbonyl (C=O) groups excluding carboxylic acids is 2. The molecule has 106 valence electrons. The minimum Gasteiger partial charge on any atom is -0.301 e. The summed E-state index contributed by atoms with van der Waals surface area (Å²) in [6.07, 6.45) is 0. The zero-order chi connectivity index (χ0) is 15.0. The number of fused-ring (bicyclic) bond motifs is 1. The largest absolute Gasteiger partial charge is 0.301 e. The lowest BCUT2D eigenvalue weighted by molar-refractivity contribution is -0.123. The normalized spacial score (nSPS) is 11.2. The van der Waals surface area contributed by atoms with Gasteiger partial charge in [-0.2, -0.15) is 0 Å². The number of aryl methyl sites for hydroxylation is 2. The molecule has 0 spiro atoms. The van der Waals surface area contributed by atoms with Crippen LogP contribution in [0.1, 0.15) is 24.3 Å². The molecule has 0 saturated carbocycles. The molecule has 2 heterocycles. The van der Waals surface area contributed by atoms with E-state index in [1.807, 2.05) is 13.8 Å². The van der Waals surface area contributed by atoms with Crippen LogP contribution in [0.25, 0.3) is 10.2 Å². The number of H-pyrrole nitrogens is 1. The van der Waals surface area contributed by atoms with Gasteiger partial charge in [-0.3, -0.25) is 14.4 Å². The number of aromatic nitrogens is 2. The van der Waals surface area contributed by atoms with Crippen molar-refractivity contribution >= 4 is 44.9 Å². The second kappa shape index (κ2) is 5.49. The van der Waals surface area contributed by atoms with Gasteiger partial charge < -0.3 is 4.98 Å². The number of ketones is 2. The monoisotopic (exact) mass is 310 g/mol. The second-order valence-corrected chi connectivity index (χ2v) is 6.85. The lowest BCUT2D eigenvalue weighted by Crippen LogP contribution is -2.23. The Kier molecular flexibility index (Phi) is 4.10. The molecule has 7 heteroatoms. The van der Waals surface area contributed by atoms with Crippen LogP contribution in [-0.4, -0.2) is 26.8 Å². The lowest BCUT2D eigenvalue weighted by atomic mass is 10.2. The highest BCUT2D eigenvalue weighted by Gasteiger charge is 2.23. The molecule has 0 unspecified atom stereocenters. The summed E-state index contributed by atoms with van der Waals surface area (Å²) in [6, 6.07) is 0. The topological polar surface area (TPSA) is 79.9 Å². The second-order valence-electron chi connectivity index (χ2n) is 4.55. The fourth-order valence-corrected chi connectivity index (χ4v) is 3.79. The molecule has 0 aliphatic rings. The Balaban J connectivity index is 2.49. The van der Waals surface area contributed by atoms with Gasteiger partial charge >= 0.3 is 0 Å². The maximum absolute atomic E-state index is 12.1. The minimum absolute atomic E-state index is 0.231. The summed E-state index contributed by atoms with van der Waals surface area (Å²) in [7, 11) is 0. The van der Waals surface area contributed by atoms with Gasteiger partial charge in [-0.25, -0.2) is 4.98 Å².